The smallest absolute Gasteiger partial charge is 0.406 e. The van der Waals surface area contributed by atoms with Gasteiger partial charge in [-0.15, -0.1) is 0 Å². The molecule has 9 nitrogen and oxygen atoms in total. The minimum absolute atomic E-state index is 0.0871. The Kier molecular flexibility index (Phi) is 7.44. The van der Waals surface area contributed by atoms with Crippen molar-refractivity contribution in [2.24, 2.45) is 0 Å². The Morgan fingerprint density at radius 2 is 1.89 bits per heavy atom. The number of hydrogen-bond acceptors (Lipinski definition) is 7. The van der Waals surface area contributed by atoms with E-state index in [9.17, 15) is 19.7 Å². The van der Waals surface area contributed by atoms with Gasteiger partial charge >= 0.3 is 11.8 Å². The molecular formula is C19H21N3O6. The molecule has 0 unspecified atom stereocenters. The van der Waals surface area contributed by atoms with E-state index in [2.05, 4.69) is 10.3 Å². The first-order valence-corrected chi connectivity index (χ1v) is 8.72. The molecular weight excluding hydrogens is 366 g/mol. The maximum absolute atomic E-state index is 12.0. The van der Waals surface area contributed by atoms with Gasteiger partial charge in [0.15, 0.2) is 6.61 Å². The van der Waals surface area contributed by atoms with Gasteiger partial charge in [0.2, 0.25) is 5.75 Å². The first kappa shape index (κ1) is 20.8. The number of nitrogens with zero attached hydrogens (tertiary/aromatic N) is 2. The van der Waals surface area contributed by atoms with E-state index in [-0.39, 0.29) is 5.75 Å². The summed E-state index contributed by atoms with van der Waals surface area (Å²) in [5.41, 5.74) is 1.30. The van der Waals surface area contributed by atoms with Crippen LogP contribution in [-0.2, 0) is 9.53 Å². The molecule has 9 heteroatoms. The van der Waals surface area contributed by atoms with Crippen LogP contribution >= 0.6 is 0 Å². The van der Waals surface area contributed by atoms with Gasteiger partial charge in [-0.05, 0) is 52.7 Å². The molecule has 0 spiro atoms. The summed E-state index contributed by atoms with van der Waals surface area (Å²) in [4.78, 5) is 38.0. The number of nitrogens with one attached hydrogen (secondary N) is 1. The maximum Gasteiger partial charge on any atom is 0.406 e. The van der Waals surface area contributed by atoms with Crippen LogP contribution in [-0.4, -0.2) is 35.0 Å². The first-order valence-electron chi connectivity index (χ1n) is 8.72. The number of nitro groups is 1. The van der Waals surface area contributed by atoms with Gasteiger partial charge in [0.1, 0.15) is 5.69 Å². The average molecular weight is 387 g/mol. The van der Waals surface area contributed by atoms with Gasteiger partial charge in [0, 0.05) is 12.6 Å². The molecule has 0 aliphatic rings. The molecule has 2 aromatic rings. The highest BCUT2D eigenvalue weighted by atomic mass is 16.6. The van der Waals surface area contributed by atoms with E-state index in [4.69, 9.17) is 9.47 Å². The normalized spacial score (nSPS) is 10.2. The fourth-order valence-corrected chi connectivity index (χ4v) is 2.20. The number of amides is 1. The van der Waals surface area contributed by atoms with E-state index in [0.29, 0.717) is 23.6 Å². The van der Waals surface area contributed by atoms with E-state index in [1.807, 2.05) is 6.92 Å². The van der Waals surface area contributed by atoms with Crippen molar-refractivity contribution in [3.05, 3.63) is 57.8 Å². The molecule has 28 heavy (non-hydrogen) atoms. The topological polar surface area (TPSA) is 121 Å². The van der Waals surface area contributed by atoms with Crippen molar-refractivity contribution in [2.75, 3.05) is 18.5 Å². The van der Waals surface area contributed by atoms with Crippen molar-refractivity contribution in [1.29, 1.82) is 0 Å². The Bertz CT molecular complexity index is 851. The average Bonchev–Trinajstić information content (AvgIpc) is 2.67. The molecule has 2 rings (SSSR count). The Hall–Kier alpha value is -3.49. The van der Waals surface area contributed by atoms with Crippen LogP contribution in [0.3, 0.4) is 0 Å². The number of aryl methyl sites for hydroxylation is 1. The molecule has 0 fully saturated rings. The lowest BCUT2D eigenvalue weighted by atomic mass is 10.2. The number of aromatic nitrogens is 1. The molecule has 1 amide bonds. The lowest BCUT2D eigenvalue weighted by Gasteiger charge is -2.08. The lowest BCUT2D eigenvalue weighted by molar-refractivity contribution is -0.390. The van der Waals surface area contributed by atoms with Crippen molar-refractivity contribution in [3.63, 3.8) is 0 Å². The zero-order valence-corrected chi connectivity index (χ0v) is 15.6. The number of benzene rings is 1. The number of unbranched alkanes of at least 4 members (excludes halogenated alkanes) is 1. The van der Waals surface area contributed by atoms with E-state index < -0.39 is 29.2 Å². The molecule has 1 aromatic heterocycles. The Morgan fingerprint density at radius 3 is 2.54 bits per heavy atom. The Morgan fingerprint density at radius 1 is 1.18 bits per heavy atom. The summed E-state index contributed by atoms with van der Waals surface area (Å²) < 4.78 is 10.3. The molecule has 1 aromatic carbocycles. The zero-order valence-electron chi connectivity index (χ0n) is 15.6. The van der Waals surface area contributed by atoms with Crippen LogP contribution in [0.5, 0.6) is 5.75 Å². The van der Waals surface area contributed by atoms with Crippen LogP contribution in [0.4, 0.5) is 11.5 Å². The highest BCUT2D eigenvalue weighted by molar-refractivity contribution is 5.93. The van der Waals surface area contributed by atoms with Crippen molar-refractivity contribution < 1.29 is 24.0 Å². The van der Waals surface area contributed by atoms with Crippen LogP contribution < -0.4 is 10.1 Å². The van der Waals surface area contributed by atoms with Gasteiger partial charge in [-0.3, -0.25) is 4.79 Å². The molecule has 0 atom stereocenters. The third kappa shape index (κ3) is 6.04. The van der Waals surface area contributed by atoms with Crippen molar-refractivity contribution in [2.45, 2.75) is 26.7 Å². The van der Waals surface area contributed by atoms with Crippen molar-refractivity contribution in [1.82, 2.24) is 4.98 Å². The minimum atomic E-state index is -0.668. The van der Waals surface area contributed by atoms with Crippen LogP contribution in [0, 0.1) is 17.0 Å². The Balaban J connectivity index is 1.90. The number of anilines is 1. The number of carbonyl (C=O) groups excluding carboxylic acids is 2. The second-order valence-corrected chi connectivity index (χ2v) is 5.94. The zero-order chi connectivity index (χ0) is 20.5. The third-order valence-corrected chi connectivity index (χ3v) is 3.65. The standard InChI is InChI=1S/C19H21N3O6/c1-3-4-11-27-19(24)14-6-8-15(9-7-14)21-17(23)12-28-16-10-5-13(2)20-18(16)22(25)26/h5-10H,3-4,11-12H2,1-2H3,(H,21,23). The molecule has 0 saturated carbocycles. The van der Waals surface area contributed by atoms with E-state index in [1.54, 1.807) is 37.3 Å². The van der Waals surface area contributed by atoms with Gasteiger partial charge in [-0.1, -0.05) is 13.3 Å². The van der Waals surface area contributed by atoms with Crippen LogP contribution in [0.25, 0.3) is 0 Å². The maximum atomic E-state index is 12.0. The minimum Gasteiger partial charge on any atom is -0.476 e. The number of ether oxygens (including phenoxy) is 2. The molecule has 1 N–H and O–H groups in total. The molecule has 0 aliphatic carbocycles. The second-order valence-electron chi connectivity index (χ2n) is 5.94. The Labute approximate surface area is 161 Å². The number of esters is 1. The number of carbonyl (C=O) groups is 2. The van der Waals surface area contributed by atoms with Crippen LogP contribution in [0.15, 0.2) is 36.4 Å². The van der Waals surface area contributed by atoms with Crippen LogP contribution in [0.2, 0.25) is 0 Å². The monoisotopic (exact) mass is 387 g/mol. The predicted molar refractivity (Wildman–Crippen MR) is 101 cm³/mol. The predicted octanol–water partition coefficient (Wildman–Crippen LogP) is 3.27. The quantitative estimate of drug-likeness (QED) is 0.303. The SMILES string of the molecule is CCCCOC(=O)c1ccc(NC(=O)COc2ccc(C)nc2[N+](=O)[O-])cc1. The lowest BCUT2D eigenvalue weighted by Crippen LogP contribution is -2.20. The number of pyridine rings is 1. The largest absolute Gasteiger partial charge is 0.476 e. The van der Waals surface area contributed by atoms with Gasteiger partial charge < -0.3 is 24.9 Å². The number of rotatable bonds is 9. The summed E-state index contributed by atoms with van der Waals surface area (Å²) in [6, 6.07) is 9.15. The van der Waals surface area contributed by atoms with Gasteiger partial charge in [-0.2, -0.15) is 0 Å². The molecule has 0 aliphatic heterocycles. The summed E-state index contributed by atoms with van der Waals surface area (Å²) in [5.74, 6) is -1.46. The van der Waals surface area contributed by atoms with Crippen molar-refractivity contribution >= 4 is 23.4 Å². The molecule has 0 radical (unpaired) electrons. The molecule has 1 heterocycles. The summed E-state index contributed by atoms with van der Waals surface area (Å²) in [5, 5.41) is 13.6. The van der Waals surface area contributed by atoms with E-state index >= 15 is 0 Å². The molecule has 0 saturated heterocycles. The summed E-state index contributed by atoms with van der Waals surface area (Å²) in [6.45, 7) is 3.56. The highest BCUT2D eigenvalue weighted by Gasteiger charge is 2.18. The fourth-order valence-electron chi connectivity index (χ4n) is 2.20. The summed E-state index contributed by atoms with van der Waals surface area (Å²) in [6.07, 6.45) is 1.73. The van der Waals surface area contributed by atoms with E-state index in [1.165, 1.54) is 6.07 Å². The van der Waals surface area contributed by atoms with E-state index in [0.717, 1.165) is 12.8 Å². The highest BCUT2D eigenvalue weighted by Crippen LogP contribution is 2.24. The fraction of sp³-hybridized carbons (Fsp3) is 0.316. The second kappa shape index (κ2) is 10.0. The summed E-state index contributed by atoms with van der Waals surface area (Å²) >= 11 is 0. The van der Waals surface area contributed by atoms with Gasteiger partial charge in [-0.25, -0.2) is 4.79 Å². The third-order valence-electron chi connectivity index (χ3n) is 3.65. The summed E-state index contributed by atoms with van der Waals surface area (Å²) in [7, 11) is 0. The first-order chi connectivity index (χ1) is 13.4. The van der Waals surface area contributed by atoms with Gasteiger partial charge in [0.25, 0.3) is 5.91 Å². The van der Waals surface area contributed by atoms with Crippen molar-refractivity contribution in [3.8, 4) is 5.75 Å². The van der Waals surface area contributed by atoms with Crippen LogP contribution in [0.1, 0.15) is 35.8 Å². The molecule has 0 bridgehead atoms. The van der Waals surface area contributed by atoms with Gasteiger partial charge in [0.05, 0.1) is 12.2 Å². The number of hydrogen-bond donors (Lipinski definition) is 1. The molecule has 148 valence electrons.